The van der Waals surface area contributed by atoms with Crippen LogP contribution < -0.4 is 4.90 Å². The van der Waals surface area contributed by atoms with Crippen molar-refractivity contribution in [2.24, 2.45) is 0 Å². The first-order valence-electron chi connectivity index (χ1n) is 7.51. The molecule has 7 heteroatoms. The Hall–Kier alpha value is -2.28. The Kier molecular flexibility index (Phi) is 4.48. The van der Waals surface area contributed by atoms with E-state index in [0.29, 0.717) is 21.6 Å². The molecule has 3 heterocycles. The Balaban J connectivity index is 1.76. The maximum Gasteiger partial charge on any atom is 0.270 e. The summed E-state index contributed by atoms with van der Waals surface area (Å²) in [5, 5.41) is 3.21. The highest BCUT2D eigenvalue weighted by molar-refractivity contribution is 7.22. The normalized spacial score (nSPS) is 10.9. The van der Waals surface area contributed by atoms with Crippen LogP contribution in [0.2, 0.25) is 5.02 Å². The lowest BCUT2D eigenvalue weighted by molar-refractivity contribution is 0.0989. The third kappa shape index (κ3) is 3.42. The van der Waals surface area contributed by atoms with Crippen molar-refractivity contribution in [1.82, 2.24) is 9.97 Å². The van der Waals surface area contributed by atoms with Crippen molar-refractivity contribution in [3.05, 3.63) is 75.7 Å². The molecule has 4 aromatic rings. The lowest BCUT2D eigenvalue weighted by atomic mass is 10.2. The zero-order valence-corrected chi connectivity index (χ0v) is 15.3. The second-order valence-electron chi connectivity index (χ2n) is 5.34. The van der Waals surface area contributed by atoms with Crippen LogP contribution in [0.5, 0.6) is 0 Å². The van der Waals surface area contributed by atoms with Crippen molar-refractivity contribution in [2.45, 2.75) is 6.54 Å². The maximum absolute atomic E-state index is 13.0. The number of pyridine rings is 1. The topological polar surface area (TPSA) is 46.1 Å². The molecule has 0 atom stereocenters. The summed E-state index contributed by atoms with van der Waals surface area (Å²) in [6, 6.07) is 13.1. The van der Waals surface area contributed by atoms with E-state index in [1.54, 1.807) is 23.4 Å². The smallest absolute Gasteiger partial charge is 0.270 e. The Labute approximate surface area is 157 Å². The highest BCUT2D eigenvalue weighted by Crippen LogP contribution is 2.32. The highest BCUT2D eigenvalue weighted by atomic mass is 35.5. The monoisotopic (exact) mass is 385 g/mol. The summed E-state index contributed by atoms with van der Waals surface area (Å²) in [7, 11) is 0. The molecule has 0 saturated heterocycles. The number of hydrogen-bond donors (Lipinski definition) is 0. The largest absolute Gasteiger partial charge is 0.279 e. The van der Waals surface area contributed by atoms with Crippen LogP contribution in [0, 0.1) is 0 Å². The van der Waals surface area contributed by atoms with Crippen LogP contribution in [0.15, 0.2) is 60.2 Å². The van der Waals surface area contributed by atoms with Gasteiger partial charge in [-0.25, -0.2) is 4.98 Å². The first kappa shape index (κ1) is 16.2. The molecule has 0 saturated carbocycles. The molecule has 0 N–H and O–H groups in total. The van der Waals surface area contributed by atoms with E-state index < -0.39 is 0 Å². The van der Waals surface area contributed by atoms with Gasteiger partial charge in [0.2, 0.25) is 0 Å². The number of anilines is 1. The fourth-order valence-electron chi connectivity index (χ4n) is 2.44. The number of hydrogen-bond acceptors (Lipinski definition) is 5. The van der Waals surface area contributed by atoms with E-state index >= 15 is 0 Å². The Bertz CT molecular complexity index is 1020. The summed E-state index contributed by atoms with van der Waals surface area (Å²) in [5.74, 6) is -0.0657. The summed E-state index contributed by atoms with van der Waals surface area (Å²) in [5.41, 5.74) is 1.78. The number of fused-ring (bicyclic) bond motifs is 1. The summed E-state index contributed by atoms with van der Waals surface area (Å²) in [6.45, 7) is 0.415. The van der Waals surface area contributed by atoms with Crippen molar-refractivity contribution in [3.63, 3.8) is 0 Å². The van der Waals surface area contributed by atoms with Gasteiger partial charge in [-0.15, -0.1) is 11.3 Å². The predicted octanol–water partition coefficient (Wildman–Crippen LogP) is 5.25. The van der Waals surface area contributed by atoms with E-state index in [9.17, 15) is 4.79 Å². The molecule has 4 rings (SSSR count). The van der Waals surface area contributed by atoms with Crippen LogP contribution in [0.25, 0.3) is 10.2 Å². The maximum atomic E-state index is 13.0. The predicted molar refractivity (Wildman–Crippen MR) is 104 cm³/mol. The van der Waals surface area contributed by atoms with Crippen LogP contribution >= 0.6 is 34.3 Å². The lowest BCUT2D eigenvalue weighted by Gasteiger charge is -2.19. The quantitative estimate of drug-likeness (QED) is 0.481. The van der Waals surface area contributed by atoms with Gasteiger partial charge in [-0.2, -0.15) is 0 Å². The molecule has 0 aliphatic rings. The number of amides is 1. The summed E-state index contributed by atoms with van der Waals surface area (Å²) < 4.78 is 0.956. The molecule has 0 unspecified atom stereocenters. The molecule has 25 heavy (non-hydrogen) atoms. The minimum absolute atomic E-state index is 0.0657. The van der Waals surface area contributed by atoms with Crippen LogP contribution in [-0.2, 0) is 6.54 Å². The third-order valence-electron chi connectivity index (χ3n) is 3.61. The molecular formula is C18H12ClN3OS2. The second kappa shape index (κ2) is 6.92. The van der Waals surface area contributed by atoms with Gasteiger partial charge < -0.3 is 0 Å². The van der Waals surface area contributed by atoms with E-state index in [1.165, 1.54) is 22.7 Å². The highest BCUT2D eigenvalue weighted by Gasteiger charge is 2.22. The SMILES string of the molecule is O=C(c1cccs1)N(Cc1cccnc1)c1nc2ccc(Cl)cc2s1. The number of thiazole rings is 1. The number of benzene rings is 1. The first-order valence-corrected chi connectivity index (χ1v) is 9.58. The molecule has 124 valence electrons. The molecule has 3 aromatic heterocycles. The molecule has 1 amide bonds. The fourth-order valence-corrected chi connectivity index (χ4v) is 4.35. The van der Waals surface area contributed by atoms with Gasteiger partial charge in [0.05, 0.1) is 21.6 Å². The number of carbonyl (C=O) groups is 1. The van der Waals surface area contributed by atoms with E-state index in [2.05, 4.69) is 9.97 Å². The van der Waals surface area contributed by atoms with Crippen molar-refractivity contribution >= 4 is 55.5 Å². The van der Waals surface area contributed by atoms with Gasteiger partial charge in [-0.05, 0) is 41.3 Å². The van der Waals surface area contributed by atoms with Gasteiger partial charge in [0, 0.05) is 17.4 Å². The van der Waals surface area contributed by atoms with Crippen LogP contribution in [0.4, 0.5) is 5.13 Å². The number of aromatic nitrogens is 2. The molecule has 4 nitrogen and oxygen atoms in total. The molecule has 0 aliphatic heterocycles. The van der Waals surface area contributed by atoms with Gasteiger partial charge in [0.1, 0.15) is 0 Å². The standard InChI is InChI=1S/C18H12ClN3OS2/c19-13-5-6-14-16(9-13)25-18(21-14)22(11-12-3-1-7-20-10-12)17(23)15-4-2-8-24-15/h1-10H,11H2. The molecule has 0 radical (unpaired) electrons. The fraction of sp³-hybridized carbons (Fsp3) is 0.0556. The van der Waals surface area contributed by atoms with E-state index in [0.717, 1.165) is 15.8 Å². The zero-order chi connectivity index (χ0) is 17.2. The molecule has 0 bridgehead atoms. The number of carbonyl (C=O) groups excluding carboxylic acids is 1. The van der Waals surface area contributed by atoms with Crippen molar-refractivity contribution in [2.75, 3.05) is 4.90 Å². The van der Waals surface area contributed by atoms with Crippen LogP contribution in [0.1, 0.15) is 15.2 Å². The van der Waals surface area contributed by atoms with Gasteiger partial charge >= 0.3 is 0 Å². The Morgan fingerprint density at radius 2 is 2.12 bits per heavy atom. The minimum Gasteiger partial charge on any atom is -0.279 e. The average Bonchev–Trinajstić information content (AvgIpc) is 3.29. The molecule has 0 spiro atoms. The van der Waals surface area contributed by atoms with Gasteiger partial charge in [-0.3, -0.25) is 14.7 Å². The number of rotatable bonds is 4. The number of thiophene rings is 1. The lowest BCUT2D eigenvalue weighted by Crippen LogP contribution is -2.29. The number of nitrogens with zero attached hydrogens (tertiary/aromatic N) is 3. The summed E-state index contributed by atoms with van der Waals surface area (Å²) >= 11 is 8.95. The zero-order valence-electron chi connectivity index (χ0n) is 12.9. The molecule has 0 fully saturated rings. The molecular weight excluding hydrogens is 374 g/mol. The third-order valence-corrected chi connectivity index (χ3v) is 5.74. The first-order chi connectivity index (χ1) is 12.2. The van der Waals surface area contributed by atoms with E-state index in [1.807, 2.05) is 41.8 Å². The van der Waals surface area contributed by atoms with Crippen LogP contribution in [-0.4, -0.2) is 15.9 Å². The summed E-state index contributed by atoms with van der Waals surface area (Å²) in [4.78, 5) is 24.2. The van der Waals surface area contributed by atoms with E-state index in [-0.39, 0.29) is 5.91 Å². The van der Waals surface area contributed by atoms with Gasteiger partial charge in [-0.1, -0.05) is 35.1 Å². The average molecular weight is 386 g/mol. The Morgan fingerprint density at radius 3 is 2.88 bits per heavy atom. The van der Waals surface area contributed by atoms with Crippen molar-refractivity contribution in [3.8, 4) is 0 Å². The van der Waals surface area contributed by atoms with Crippen molar-refractivity contribution < 1.29 is 4.79 Å². The number of halogens is 1. The molecule has 0 aliphatic carbocycles. The Morgan fingerprint density at radius 1 is 1.20 bits per heavy atom. The molecule has 1 aromatic carbocycles. The van der Waals surface area contributed by atoms with E-state index in [4.69, 9.17) is 11.6 Å². The van der Waals surface area contributed by atoms with Gasteiger partial charge in [0.25, 0.3) is 5.91 Å². The summed E-state index contributed by atoms with van der Waals surface area (Å²) in [6.07, 6.45) is 3.48. The van der Waals surface area contributed by atoms with Gasteiger partial charge in [0.15, 0.2) is 5.13 Å². The second-order valence-corrected chi connectivity index (χ2v) is 7.73. The van der Waals surface area contributed by atoms with Crippen LogP contribution in [0.3, 0.4) is 0 Å². The van der Waals surface area contributed by atoms with Crippen molar-refractivity contribution in [1.29, 1.82) is 0 Å². The minimum atomic E-state index is -0.0657.